The minimum atomic E-state index is -0.824. The van der Waals surface area contributed by atoms with Crippen LogP contribution in [0.4, 0.5) is 4.79 Å². The summed E-state index contributed by atoms with van der Waals surface area (Å²) in [7, 11) is 0. The number of carbonyl (C=O) groups excluding carboxylic acids is 4. The van der Waals surface area contributed by atoms with Crippen molar-refractivity contribution in [3.8, 4) is 0 Å². The molecule has 2 saturated heterocycles. The van der Waals surface area contributed by atoms with Crippen LogP contribution in [0.5, 0.6) is 0 Å². The Labute approximate surface area is 299 Å². The zero-order valence-corrected chi connectivity index (χ0v) is 31.1. The summed E-state index contributed by atoms with van der Waals surface area (Å²) in [6.07, 6.45) is 6.29. The van der Waals surface area contributed by atoms with Crippen molar-refractivity contribution in [2.45, 2.75) is 122 Å². The van der Waals surface area contributed by atoms with Crippen molar-refractivity contribution in [2.75, 3.05) is 45.8 Å². The van der Waals surface area contributed by atoms with Crippen LogP contribution in [-0.4, -0.2) is 109 Å². The molecular weight excluding hydrogens is 634 g/mol. The van der Waals surface area contributed by atoms with Crippen molar-refractivity contribution >= 4 is 23.8 Å². The molecule has 0 radical (unpaired) electrons. The van der Waals surface area contributed by atoms with E-state index in [0.29, 0.717) is 63.2 Å². The summed E-state index contributed by atoms with van der Waals surface area (Å²) in [5, 5.41) is 12.1. The average Bonchev–Trinajstić information content (AvgIpc) is 3.05. The SMILES string of the molecule is CC(C)C[C@@H](NC(=O)[C@H](N)Cc1ccccc1)C(=O)N[C@H](CCCCNC(=O)OC(C)(C)C)C(=O)N1CCC2(CC1)CC(N1CCNCC1)C2. The molecule has 1 spiro atoms. The molecule has 1 aliphatic carbocycles. The monoisotopic (exact) mass is 697 g/mol. The lowest BCUT2D eigenvalue weighted by atomic mass is 9.60. The van der Waals surface area contributed by atoms with Gasteiger partial charge in [-0.2, -0.15) is 0 Å². The molecule has 6 N–H and O–H groups in total. The maximum absolute atomic E-state index is 14.1. The summed E-state index contributed by atoms with van der Waals surface area (Å²) in [5.74, 6) is -0.737. The maximum Gasteiger partial charge on any atom is 0.407 e. The fourth-order valence-electron chi connectivity index (χ4n) is 7.53. The van der Waals surface area contributed by atoms with Crippen LogP contribution < -0.4 is 27.0 Å². The van der Waals surface area contributed by atoms with Crippen molar-refractivity contribution in [3.05, 3.63) is 35.9 Å². The summed E-state index contributed by atoms with van der Waals surface area (Å²) < 4.78 is 5.33. The standard InChI is InChI=1S/C38H63N7O5/c1-27(2)23-32(43-33(46)30(39)24-28-11-7-6-8-12-28)34(47)42-31(13-9-10-16-41-36(49)50-37(3,4)5)35(48)45-19-14-38(15-20-45)25-29(26-38)44-21-17-40-18-22-44/h6-8,11-12,27,29-32,40H,9-10,13-26,39H2,1-5H3,(H,41,49)(H,42,47)(H,43,46)/t30-,31-,32-/m1/s1. The van der Waals surface area contributed by atoms with E-state index in [-0.39, 0.29) is 17.7 Å². The molecule has 2 heterocycles. The van der Waals surface area contributed by atoms with Crippen LogP contribution in [0.15, 0.2) is 30.3 Å². The molecule has 0 aromatic heterocycles. The van der Waals surface area contributed by atoms with E-state index in [9.17, 15) is 19.2 Å². The highest BCUT2D eigenvalue weighted by atomic mass is 16.6. The number of nitrogens with zero attached hydrogens (tertiary/aromatic N) is 2. The summed E-state index contributed by atoms with van der Waals surface area (Å²) in [4.78, 5) is 57.7. The van der Waals surface area contributed by atoms with Gasteiger partial charge in [0.1, 0.15) is 17.7 Å². The predicted molar refractivity (Wildman–Crippen MR) is 195 cm³/mol. The van der Waals surface area contributed by atoms with Crippen LogP contribution in [0, 0.1) is 11.3 Å². The fraction of sp³-hybridized carbons (Fsp3) is 0.737. The number of hydrogen-bond donors (Lipinski definition) is 5. The molecule has 280 valence electrons. The number of piperidine rings is 1. The molecule has 4 rings (SSSR count). The molecule has 0 unspecified atom stereocenters. The zero-order valence-electron chi connectivity index (χ0n) is 31.1. The number of nitrogens with two attached hydrogens (primary N) is 1. The highest BCUT2D eigenvalue weighted by Gasteiger charge is 2.48. The third kappa shape index (κ3) is 12.2. The summed E-state index contributed by atoms with van der Waals surface area (Å²) in [6, 6.07) is 7.82. The van der Waals surface area contributed by atoms with Gasteiger partial charge < -0.3 is 36.6 Å². The number of rotatable bonds is 15. The highest BCUT2D eigenvalue weighted by molar-refractivity contribution is 5.93. The van der Waals surface area contributed by atoms with Crippen LogP contribution >= 0.6 is 0 Å². The highest BCUT2D eigenvalue weighted by Crippen LogP contribution is 2.51. The molecule has 3 fully saturated rings. The van der Waals surface area contributed by atoms with Crippen LogP contribution in [0.3, 0.4) is 0 Å². The Kier molecular flexibility index (Phi) is 14.5. The first kappa shape index (κ1) is 39.6. The molecule has 3 aliphatic rings. The van der Waals surface area contributed by atoms with E-state index < -0.39 is 35.7 Å². The Morgan fingerprint density at radius 1 is 0.940 bits per heavy atom. The number of piperazine rings is 1. The predicted octanol–water partition coefficient (Wildman–Crippen LogP) is 2.94. The Morgan fingerprint density at radius 3 is 2.20 bits per heavy atom. The van der Waals surface area contributed by atoms with Crippen molar-refractivity contribution < 1.29 is 23.9 Å². The van der Waals surface area contributed by atoms with E-state index in [1.54, 1.807) is 0 Å². The molecular formula is C38H63N7O5. The van der Waals surface area contributed by atoms with Gasteiger partial charge in [-0.15, -0.1) is 0 Å². The molecule has 1 aromatic carbocycles. The number of carbonyl (C=O) groups is 4. The van der Waals surface area contributed by atoms with Crippen LogP contribution in [0.1, 0.15) is 91.5 Å². The quantitative estimate of drug-likeness (QED) is 0.175. The topological polar surface area (TPSA) is 158 Å². The second-order valence-corrected chi connectivity index (χ2v) is 16.1. The first-order valence-electron chi connectivity index (χ1n) is 18.8. The lowest BCUT2D eigenvalue weighted by Gasteiger charge is -2.56. The van der Waals surface area contributed by atoms with Gasteiger partial charge in [0.15, 0.2) is 0 Å². The normalized spacial score (nSPS) is 20.0. The minimum Gasteiger partial charge on any atom is -0.444 e. The molecule has 2 aliphatic heterocycles. The van der Waals surface area contributed by atoms with E-state index in [4.69, 9.17) is 10.5 Å². The van der Waals surface area contributed by atoms with Crippen LogP contribution in [-0.2, 0) is 25.5 Å². The van der Waals surface area contributed by atoms with Crippen molar-refractivity contribution in [3.63, 3.8) is 0 Å². The number of hydrogen-bond acceptors (Lipinski definition) is 8. The van der Waals surface area contributed by atoms with Gasteiger partial charge in [0.25, 0.3) is 0 Å². The third-order valence-corrected chi connectivity index (χ3v) is 10.3. The third-order valence-electron chi connectivity index (χ3n) is 10.3. The van der Waals surface area contributed by atoms with Gasteiger partial charge in [0.05, 0.1) is 6.04 Å². The Bertz CT molecular complexity index is 1250. The lowest BCUT2D eigenvalue weighted by Crippen LogP contribution is -2.60. The van der Waals surface area contributed by atoms with Gasteiger partial charge in [-0.25, -0.2) is 4.79 Å². The average molecular weight is 698 g/mol. The lowest BCUT2D eigenvalue weighted by molar-refractivity contribution is -0.141. The minimum absolute atomic E-state index is 0.0818. The molecule has 1 aromatic rings. The summed E-state index contributed by atoms with van der Waals surface area (Å²) in [5.41, 5.74) is 6.93. The molecule has 3 atom stereocenters. The molecule has 12 nitrogen and oxygen atoms in total. The van der Waals surface area contributed by atoms with Gasteiger partial charge in [-0.05, 0) is 95.5 Å². The Morgan fingerprint density at radius 2 is 1.58 bits per heavy atom. The number of amides is 4. The number of nitrogens with one attached hydrogen (secondary N) is 4. The van der Waals surface area contributed by atoms with Gasteiger partial charge in [0.2, 0.25) is 17.7 Å². The largest absolute Gasteiger partial charge is 0.444 e. The number of unbranched alkanes of at least 4 members (excludes halogenated alkanes) is 1. The number of benzene rings is 1. The number of likely N-dealkylation sites (tertiary alicyclic amines) is 1. The smallest absolute Gasteiger partial charge is 0.407 e. The van der Waals surface area contributed by atoms with Gasteiger partial charge >= 0.3 is 6.09 Å². The first-order valence-corrected chi connectivity index (χ1v) is 18.8. The van der Waals surface area contributed by atoms with Gasteiger partial charge in [-0.1, -0.05) is 44.2 Å². The Hall–Kier alpha value is -3.22. The molecule has 50 heavy (non-hydrogen) atoms. The van der Waals surface area contributed by atoms with Crippen molar-refractivity contribution in [1.82, 2.24) is 31.1 Å². The maximum atomic E-state index is 14.1. The summed E-state index contributed by atoms with van der Waals surface area (Å²) >= 11 is 0. The van der Waals surface area contributed by atoms with Crippen LogP contribution in [0.25, 0.3) is 0 Å². The zero-order chi connectivity index (χ0) is 36.3. The van der Waals surface area contributed by atoms with E-state index in [2.05, 4.69) is 26.2 Å². The van der Waals surface area contributed by atoms with E-state index >= 15 is 0 Å². The van der Waals surface area contributed by atoms with Crippen molar-refractivity contribution in [2.24, 2.45) is 17.1 Å². The number of alkyl carbamates (subject to hydrolysis) is 1. The number of ether oxygens (including phenoxy) is 1. The molecule has 1 saturated carbocycles. The van der Waals surface area contributed by atoms with Gasteiger partial charge in [0, 0.05) is 51.9 Å². The molecule has 4 amide bonds. The fourth-order valence-corrected chi connectivity index (χ4v) is 7.53. The van der Waals surface area contributed by atoms with Crippen LogP contribution in [0.2, 0.25) is 0 Å². The van der Waals surface area contributed by atoms with Crippen molar-refractivity contribution in [1.29, 1.82) is 0 Å². The molecule has 12 heteroatoms. The second kappa shape index (κ2) is 18.3. The van der Waals surface area contributed by atoms with Gasteiger partial charge in [-0.3, -0.25) is 19.3 Å². The summed E-state index contributed by atoms with van der Waals surface area (Å²) in [6.45, 7) is 15.5. The van der Waals surface area contributed by atoms with E-state index in [1.165, 1.54) is 12.8 Å². The molecule has 0 bridgehead atoms. The van der Waals surface area contributed by atoms with E-state index in [0.717, 1.165) is 44.6 Å². The second-order valence-electron chi connectivity index (χ2n) is 16.1. The van der Waals surface area contributed by atoms with E-state index in [1.807, 2.05) is 69.9 Å². The Balaban J connectivity index is 1.35. The first-order chi connectivity index (χ1) is 23.7.